The van der Waals surface area contributed by atoms with Crippen LogP contribution in [0.15, 0.2) is 24.3 Å². The topological polar surface area (TPSA) is 87.3 Å². The van der Waals surface area contributed by atoms with E-state index in [1.54, 1.807) is 21.6 Å². The Kier molecular flexibility index (Phi) is 19.7. The summed E-state index contributed by atoms with van der Waals surface area (Å²) in [5, 5.41) is 6.20. The van der Waals surface area contributed by atoms with Crippen molar-refractivity contribution in [2.24, 2.45) is 5.92 Å². The highest BCUT2D eigenvalue weighted by Gasteiger charge is 2.18. The summed E-state index contributed by atoms with van der Waals surface area (Å²) in [5.41, 5.74) is 0.530. The summed E-state index contributed by atoms with van der Waals surface area (Å²) in [6, 6.07) is 7.38. The second-order valence-corrected chi connectivity index (χ2v) is 14.0. The molecule has 0 aliphatic rings. The number of nitrogens with one attached hydrogen (secondary N) is 2. The lowest BCUT2D eigenvalue weighted by Crippen LogP contribution is -2.25. The Morgan fingerprint density at radius 3 is 2.37 bits per heavy atom. The van der Waals surface area contributed by atoms with Crippen molar-refractivity contribution in [3.8, 4) is 5.75 Å². The number of anilines is 1. The number of carbonyl (C=O) groups excluding carboxylic acids is 1. The number of ether oxygens (including phenoxy) is 5. The summed E-state index contributed by atoms with van der Waals surface area (Å²) in [6.07, 6.45) is 0.263. The molecule has 0 heterocycles. The molecule has 8 nitrogen and oxygen atoms in total. The van der Waals surface area contributed by atoms with Gasteiger partial charge in [-0.25, -0.2) is 0 Å². The third-order valence-electron chi connectivity index (χ3n) is 4.42. The highest BCUT2D eigenvalue weighted by Crippen LogP contribution is 2.38. The van der Waals surface area contributed by atoms with E-state index >= 15 is 0 Å². The predicted molar refractivity (Wildman–Crippen MR) is 164 cm³/mol. The fraction of sp³-hybridized carbons (Fsp3) is 0.741. The Labute approximate surface area is 243 Å². The second kappa shape index (κ2) is 21.1. The quantitative estimate of drug-likeness (QED) is 0.0700. The highest BCUT2D eigenvalue weighted by molar-refractivity contribution is 8.77. The summed E-state index contributed by atoms with van der Waals surface area (Å²) < 4.78 is 28.7. The number of hydrogen-bond donors (Lipinski definition) is 3. The molecule has 0 radical (unpaired) electrons. The van der Waals surface area contributed by atoms with Gasteiger partial charge in [0, 0.05) is 35.0 Å². The van der Waals surface area contributed by atoms with E-state index in [2.05, 4.69) is 57.9 Å². The number of amides is 1. The molecule has 0 aliphatic carbocycles. The van der Waals surface area contributed by atoms with E-state index in [4.69, 9.17) is 23.7 Å². The van der Waals surface area contributed by atoms with Crippen LogP contribution in [-0.4, -0.2) is 80.9 Å². The van der Waals surface area contributed by atoms with Crippen molar-refractivity contribution in [2.75, 3.05) is 64.7 Å². The van der Waals surface area contributed by atoms with Crippen LogP contribution in [0, 0.1) is 5.92 Å². The van der Waals surface area contributed by atoms with E-state index in [-0.39, 0.29) is 27.9 Å². The largest absolute Gasteiger partial charge is 0.490 e. The molecule has 38 heavy (non-hydrogen) atoms. The zero-order valence-corrected chi connectivity index (χ0v) is 26.4. The van der Waals surface area contributed by atoms with E-state index < -0.39 is 0 Å². The molecule has 2 unspecified atom stereocenters. The van der Waals surface area contributed by atoms with Gasteiger partial charge in [-0.05, 0) is 25.0 Å². The second-order valence-electron chi connectivity index (χ2n) is 10.1. The van der Waals surface area contributed by atoms with Gasteiger partial charge in [0.25, 0.3) is 0 Å². The average Bonchev–Trinajstić information content (AvgIpc) is 2.83. The molecule has 0 aromatic heterocycles. The molecule has 220 valence electrons. The van der Waals surface area contributed by atoms with Gasteiger partial charge in [0.15, 0.2) is 0 Å². The Morgan fingerprint density at radius 1 is 0.974 bits per heavy atom. The van der Waals surface area contributed by atoms with Gasteiger partial charge >= 0.3 is 0 Å². The molecular weight excluding hydrogens is 545 g/mol. The molecule has 1 aromatic rings. The predicted octanol–water partition coefficient (Wildman–Crippen LogP) is 5.49. The van der Waals surface area contributed by atoms with Crippen LogP contribution < -0.4 is 15.4 Å². The maximum atomic E-state index is 12.3. The maximum Gasteiger partial charge on any atom is 0.226 e. The molecular formula is C27H48N2O6S3. The third-order valence-corrected chi connectivity index (χ3v) is 8.12. The molecule has 1 rings (SSSR count). The number of thiol groups is 1. The molecule has 0 aliphatic heterocycles. The molecule has 1 amide bonds. The van der Waals surface area contributed by atoms with Gasteiger partial charge in [-0.2, -0.15) is 12.6 Å². The fourth-order valence-corrected chi connectivity index (χ4v) is 5.06. The van der Waals surface area contributed by atoms with E-state index in [9.17, 15) is 4.79 Å². The lowest BCUT2D eigenvalue weighted by molar-refractivity contribution is -0.117. The Morgan fingerprint density at radius 2 is 1.68 bits per heavy atom. The lowest BCUT2D eigenvalue weighted by atomic mass is 10.2. The van der Waals surface area contributed by atoms with Crippen molar-refractivity contribution in [1.29, 1.82) is 0 Å². The standard InChI is InChI=1S/C27H48N2O6S3/c1-21(2)19-33-16-17-34-26(37-38-27(4,5)6)20-35-24-9-7-8-23(18-24)29-25(30)10-12-31-14-15-32-13-11-28-22(3)36/h7-9,18,21-22,26,28,36H,10-17,19-20H2,1-6H3,(H,29,30). The van der Waals surface area contributed by atoms with Crippen LogP contribution in [0.4, 0.5) is 5.69 Å². The number of carbonyl (C=O) groups is 1. The molecule has 2 atom stereocenters. The first kappa shape index (κ1) is 35.4. The van der Waals surface area contributed by atoms with Crippen LogP contribution >= 0.6 is 34.2 Å². The van der Waals surface area contributed by atoms with Crippen LogP contribution in [0.2, 0.25) is 0 Å². The van der Waals surface area contributed by atoms with Crippen molar-refractivity contribution in [2.45, 2.75) is 63.5 Å². The van der Waals surface area contributed by atoms with Crippen molar-refractivity contribution < 1.29 is 28.5 Å². The monoisotopic (exact) mass is 592 g/mol. The van der Waals surface area contributed by atoms with Gasteiger partial charge in [-0.15, -0.1) is 0 Å². The Balaban J connectivity index is 2.37. The summed E-state index contributed by atoms with van der Waals surface area (Å²) in [4.78, 5) is 12.3. The van der Waals surface area contributed by atoms with Gasteiger partial charge < -0.3 is 34.3 Å². The number of rotatable bonds is 22. The molecule has 0 saturated carbocycles. The van der Waals surface area contributed by atoms with Gasteiger partial charge in [-0.1, -0.05) is 62.3 Å². The minimum absolute atomic E-state index is 0.101. The summed E-state index contributed by atoms with van der Waals surface area (Å²) in [7, 11) is 3.42. The smallest absolute Gasteiger partial charge is 0.226 e. The Bertz CT molecular complexity index is 750. The van der Waals surface area contributed by atoms with Crippen molar-refractivity contribution in [1.82, 2.24) is 5.32 Å². The third kappa shape index (κ3) is 21.2. The van der Waals surface area contributed by atoms with Crippen LogP contribution in [0.25, 0.3) is 0 Å². The van der Waals surface area contributed by atoms with Gasteiger partial charge in [0.1, 0.15) is 17.8 Å². The zero-order valence-electron chi connectivity index (χ0n) is 23.8. The van der Waals surface area contributed by atoms with E-state index in [1.165, 1.54) is 0 Å². The summed E-state index contributed by atoms with van der Waals surface area (Å²) in [5.74, 6) is 1.05. The van der Waals surface area contributed by atoms with Crippen molar-refractivity contribution >= 4 is 45.8 Å². The molecule has 2 N–H and O–H groups in total. The SMILES string of the molecule is CC(C)COCCOC(COc1cccc(NC(=O)CCOCCOCCNC(C)S)c1)SSC(C)(C)C. The highest BCUT2D eigenvalue weighted by atomic mass is 33.1. The molecule has 0 bridgehead atoms. The van der Waals surface area contributed by atoms with Crippen molar-refractivity contribution in [3.63, 3.8) is 0 Å². The van der Waals surface area contributed by atoms with E-state index in [0.29, 0.717) is 63.6 Å². The molecule has 0 fully saturated rings. The summed E-state index contributed by atoms with van der Waals surface area (Å²) in [6.45, 7) is 17.5. The van der Waals surface area contributed by atoms with Crippen LogP contribution in [0.5, 0.6) is 5.75 Å². The number of benzene rings is 1. The first-order valence-corrected chi connectivity index (χ1v) is 15.9. The first-order valence-electron chi connectivity index (χ1n) is 13.2. The number of hydrogen-bond acceptors (Lipinski definition) is 10. The molecule has 11 heteroatoms. The van der Waals surface area contributed by atoms with E-state index in [1.807, 2.05) is 31.2 Å². The summed E-state index contributed by atoms with van der Waals surface area (Å²) >= 11 is 4.24. The normalized spacial score (nSPS) is 13.5. The molecule has 0 spiro atoms. The van der Waals surface area contributed by atoms with Crippen molar-refractivity contribution in [3.05, 3.63) is 24.3 Å². The van der Waals surface area contributed by atoms with Crippen LogP contribution in [-0.2, 0) is 23.7 Å². The minimum atomic E-state index is -0.149. The lowest BCUT2D eigenvalue weighted by Gasteiger charge is -2.22. The average molecular weight is 593 g/mol. The van der Waals surface area contributed by atoms with Gasteiger partial charge in [0.2, 0.25) is 5.91 Å². The van der Waals surface area contributed by atoms with Gasteiger partial charge in [0.05, 0.1) is 46.1 Å². The van der Waals surface area contributed by atoms with Crippen LogP contribution in [0.1, 0.15) is 48.0 Å². The first-order chi connectivity index (χ1) is 18.0. The van der Waals surface area contributed by atoms with E-state index in [0.717, 1.165) is 13.2 Å². The molecule has 0 saturated heterocycles. The Hall–Kier alpha value is -0.660. The minimum Gasteiger partial charge on any atom is -0.490 e. The van der Waals surface area contributed by atoms with Gasteiger partial charge in [-0.3, -0.25) is 4.79 Å². The molecule has 1 aromatic carbocycles. The zero-order chi connectivity index (χ0) is 28.2. The fourth-order valence-electron chi connectivity index (χ4n) is 2.74. The maximum absolute atomic E-state index is 12.3. The van der Waals surface area contributed by atoms with Crippen LogP contribution in [0.3, 0.4) is 0 Å².